The molecule has 0 bridgehead atoms. The fraction of sp³-hybridized carbons (Fsp3) is 0. The molecule has 0 radical (unpaired) electrons. The first kappa shape index (κ1) is 38.4. The third-order valence-corrected chi connectivity index (χ3v) is 13.1. The third-order valence-electron chi connectivity index (χ3n) is 12.0. The first-order valence-corrected chi connectivity index (χ1v) is 22.7. The molecule has 0 atom stereocenters. The lowest BCUT2D eigenvalue weighted by molar-refractivity contribution is 0.953. The van der Waals surface area contributed by atoms with Gasteiger partial charge in [-0.1, -0.05) is 193 Å². The molecule has 8 aromatic carbocycles. The average Bonchev–Trinajstić information content (AvgIpc) is 4.12. The second-order valence-corrected chi connectivity index (χ2v) is 17.1. The molecule has 0 saturated heterocycles. The highest BCUT2D eigenvalue weighted by atomic mass is 32.1. The Morgan fingerprint density at radius 3 is 0.940 bits per heavy atom. The highest BCUT2D eigenvalue weighted by molar-refractivity contribution is 7.17. The number of hydrogen-bond acceptors (Lipinski definition) is 9. The predicted molar refractivity (Wildman–Crippen MR) is 268 cm³/mol. The topological polar surface area (TPSA) is 113 Å². The van der Waals surface area contributed by atoms with Gasteiger partial charge in [0.25, 0.3) is 0 Å². The van der Waals surface area contributed by atoms with E-state index < -0.39 is 0 Å². The van der Waals surface area contributed by atoms with E-state index in [1.54, 1.807) is 11.3 Å². The Kier molecular flexibility index (Phi) is 9.10. The molecule has 0 aliphatic heterocycles. The van der Waals surface area contributed by atoms with E-state index in [-0.39, 0.29) is 0 Å². The lowest BCUT2D eigenvalue weighted by Crippen LogP contribution is -2.06. The van der Waals surface area contributed by atoms with Gasteiger partial charge in [-0.3, -0.25) is 9.13 Å². The van der Waals surface area contributed by atoms with Crippen molar-refractivity contribution >= 4 is 54.9 Å². The van der Waals surface area contributed by atoms with E-state index in [0.717, 1.165) is 87.0 Å². The maximum atomic E-state index is 5.13. The van der Waals surface area contributed by atoms with Crippen LogP contribution in [-0.2, 0) is 0 Å². The SMILES string of the molecule is c1ccc(-c2nc(-c3ccccc3)nc(-n3c4ccccc4c4ccc(-c5nnc(-c6ccc7c8ccccc8n(-c8nc(-c9ccccc9)nc(-c9ccccc9)n8)c7c6)s5)cc43)n2)cc1. The summed E-state index contributed by atoms with van der Waals surface area (Å²) in [5.74, 6) is 3.45. The van der Waals surface area contributed by atoms with Gasteiger partial charge >= 0.3 is 0 Å². The number of rotatable bonds is 8. The molecule has 0 saturated carbocycles. The molecular weight excluding hydrogens is 845 g/mol. The highest BCUT2D eigenvalue weighted by Crippen LogP contribution is 2.39. The number of fused-ring (bicyclic) bond motifs is 6. The van der Waals surface area contributed by atoms with Crippen LogP contribution in [0.25, 0.3) is 122 Å². The molecule has 0 amide bonds. The summed E-state index contributed by atoms with van der Waals surface area (Å²) in [5.41, 5.74) is 9.39. The molecule has 5 heterocycles. The fourth-order valence-electron chi connectivity index (χ4n) is 8.89. The minimum absolute atomic E-state index is 0.530. The number of para-hydroxylation sites is 2. The van der Waals surface area contributed by atoms with Crippen LogP contribution in [0.4, 0.5) is 0 Å². The van der Waals surface area contributed by atoms with Crippen LogP contribution in [0, 0.1) is 0 Å². The largest absolute Gasteiger partial charge is 0.278 e. The van der Waals surface area contributed by atoms with Gasteiger partial charge in [0.05, 0.1) is 22.1 Å². The Morgan fingerprint density at radius 1 is 0.269 bits per heavy atom. The molecule has 0 unspecified atom stereocenters. The summed E-state index contributed by atoms with van der Waals surface area (Å²) in [7, 11) is 0. The van der Waals surface area contributed by atoms with Crippen LogP contribution in [-0.4, -0.2) is 49.2 Å². The lowest BCUT2D eigenvalue weighted by atomic mass is 10.1. The van der Waals surface area contributed by atoms with E-state index >= 15 is 0 Å². The molecule has 0 aliphatic carbocycles. The van der Waals surface area contributed by atoms with E-state index in [0.29, 0.717) is 35.2 Å². The maximum Gasteiger partial charge on any atom is 0.238 e. The zero-order valence-corrected chi connectivity index (χ0v) is 36.3. The minimum atomic E-state index is 0.530. The van der Waals surface area contributed by atoms with Crippen molar-refractivity contribution in [3.05, 3.63) is 206 Å². The lowest BCUT2D eigenvalue weighted by Gasteiger charge is -2.11. The molecule has 67 heavy (non-hydrogen) atoms. The van der Waals surface area contributed by atoms with Crippen LogP contribution in [0.5, 0.6) is 0 Å². The van der Waals surface area contributed by atoms with Crippen LogP contribution in [0.3, 0.4) is 0 Å². The molecular formula is C56H34N10S. The van der Waals surface area contributed by atoms with Crippen LogP contribution in [0.1, 0.15) is 0 Å². The van der Waals surface area contributed by atoms with E-state index in [4.69, 9.17) is 40.1 Å². The van der Waals surface area contributed by atoms with Crippen molar-refractivity contribution in [2.45, 2.75) is 0 Å². The van der Waals surface area contributed by atoms with Gasteiger partial charge < -0.3 is 0 Å². The van der Waals surface area contributed by atoms with E-state index in [1.807, 2.05) is 121 Å². The number of hydrogen-bond donors (Lipinski definition) is 0. The normalized spacial score (nSPS) is 11.6. The summed E-state index contributed by atoms with van der Waals surface area (Å²) in [6.07, 6.45) is 0. The standard InChI is InChI=1S/C56H34N10S/c1-5-17-35(18-6-1)49-57-50(36-19-7-2-8-20-36)60-55(59-49)65-45-27-15-13-25-41(45)43-31-29-39(33-47(43)65)53-63-64-54(67-53)40-30-32-44-42-26-14-16-28-46(42)66(48(44)34-40)56-61-51(37-21-9-3-10-22-37)58-52(62-56)38-23-11-4-12-24-38/h1-34H. The van der Waals surface area contributed by atoms with Crippen molar-refractivity contribution in [3.8, 4) is 78.6 Å². The van der Waals surface area contributed by atoms with Crippen molar-refractivity contribution in [2.75, 3.05) is 0 Å². The van der Waals surface area contributed by atoms with Crippen molar-refractivity contribution in [1.29, 1.82) is 0 Å². The monoisotopic (exact) mass is 878 g/mol. The zero-order valence-electron chi connectivity index (χ0n) is 35.5. The Bertz CT molecular complexity index is 3610. The molecule has 13 aromatic rings. The molecule has 13 rings (SSSR count). The molecule has 0 spiro atoms. The molecule has 0 aliphatic rings. The van der Waals surface area contributed by atoms with Gasteiger partial charge in [-0.15, -0.1) is 10.2 Å². The number of nitrogens with zero attached hydrogens (tertiary/aromatic N) is 10. The van der Waals surface area contributed by atoms with Gasteiger partial charge in [0.2, 0.25) is 11.9 Å². The van der Waals surface area contributed by atoms with Crippen LogP contribution in [0.15, 0.2) is 206 Å². The van der Waals surface area contributed by atoms with E-state index in [1.165, 1.54) is 0 Å². The summed E-state index contributed by atoms with van der Waals surface area (Å²) >= 11 is 1.55. The van der Waals surface area contributed by atoms with E-state index in [9.17, 15) is 0 Å². The third kappa shape index (κ3) is 6.72. The Hall–Kier alpha value is -9.06. The number of aromatic nitrogens is 10. The molecule has 314 valence electrons. The minimum Gasteiger partial charge on any atom is -0.278 e. The molecule has 0 fully saturated rings. The van der Waals surface area contributed by atoms with Gasteiger partial charge in [-0.2, -0.15) is 19.9 Å². The van der Waals surface area contributed by atoms with Gasteiger partial charge in [0.15, 0.2) is 23.3 Å². The van der Waals surface area contributed by atoms with Crippen LogP contribution < -0.4 is 0 Å². The van der Waals surface area contributed by atoms with Crippen LogP contribution >= 0.6 is 11.3 Å². The van der Waals surface area contributed by atoms with Crippen molar-refractivity contribution < 1.29 is 0 Å². The summed E-state index contributed by atoms with van der Waals surface area (Å²) in [4.78, 5) is 30.4. The molecule has 5 aromatic heterocycles. The maximum absolute atomic E-state index is 5.13. The number of benzene rings is 8. The Balaban J connectivity index is 0.946. The first-order chi connectivity index (χ1) is 33.2. The van der Waals surface area contributed by atoms with E-state index in [2.05, 4.69) is 94.1 Å². The fourth-order valence-corrected chi connectivity index (χ4v) is 9.73. The first-order valence-electron chi connectivity index (χ1n) is 21.9. The zero-order chi connectivity index (χ0) is 44.3. The van der Waals surface area contributed by atoms with Crippen LogP contribution in [0.2, 0.25) is 0 Å². The molecule has 11 heteroatoms. The van der Waals surface area contributed by atoms with Gasteiger partial charge in [0.1, 0.15) is 10.0 Å². The molecule has 0 N–H and O–H groups in total. The molecule has 10 nitrogen and oxygen atoms in total. The summed E-state index contributed by atoms with van der Waals surface area (Å²) < 4.78 is 4.27. The van der Waals surface area contributed by atoms with Crippen molar-refractivity contribution in [3.63, 3.8) is 0 Å². The van der Waals surface area contributed by atoms with Gasteiger partial charge in [0, 0.05) is 54.9 Å². The Morgan fingerprint density at radius 2 is 0.582 bits per heavy atom. The summed E-state index contributed by atoms with van der Waals surface area (Å²) in [5, 5.41) is 15.5. The summed E-state index contributed by atoms with van der Waals surface area (Å²) in [6.45, 7) is 0. The smallest absolute Gasteiger partial charge is 0.238 e. The second kappa shape index (κ2) is 15.9. The predicted octanol–water partition coefficient (Wildman–Crippen LogP) is 13.1. The van der Waals surface area contributed by atoms with Crippen molar-refractivity contribution in [1.82, 2.24) is 49.2 Å². The highest BCUT2D eigenvalue weighted by Gasteiger charge is 2.22. The second-order valence-electron chi connectivity index (χ2n) is 16.1. The average molecular weight is 879 g/mol. The van der Waals surface area contributed by atoms with Crippen molar-refractivity contribution in [2.24, 2.45) is 0 Å². The Labute approximate surface area is 387 Å². The quantitative estimate of drug-likeness (QED) is 0.148. The van der Waals surface area contributed by atoms with Gasteiger partial charge in [-0.25, -0.2) is 9.97 Å². The summed E-state index contributed by atoms with van der Waals surface area (Å²) in [6, 6.07) is 69.9. The van der Waals surface area contributed by atoms with Gasteiger partial charge in [-0.05, 0) is 24.3 Å².